The molecule has 2 aromatic rings. The molecule has 7 heteroatoms. The van der Waals surface area contributed by atoms with E-state index >= 15 is 0 Å². The third kappa shape index (κ3) is 4.18. The summed E-state index contributed by atoms with van der Waals surface area (Å²) < 4.78 is 9.56. The van der Waals surface area contributed by atoms with Gasteiger partial charge in [0.2, 0.25) is 11.6 Å². The van der Waals surface area contributed by atoms with Gasteiger partial charge >= 0.3 is 0 Å². The van der Waals surface area contributed by atoms with Crippen molar-refractivity contribution in [2.24, 2.45) is 5.84 Å². The van der Waals surface area contributed by atoms with Gasteiger partial charge in [-0.3, -0.25) is 10.2 Å². The highest BCUT2D eigenvalue weighted by Crippen LogP contribution is 2.52. The first-order valence-electron chi connectivity index (χ1n) is 15.2. The van der Waals surface area contributed by atoms with Crippen molar-refractivity contribution in [3.8, 4) is 5.75 Å². The van der Waals surface area contributed by atoms with Crippen LogP contribution < -0.4 is 20.9 Å². The maximum atomic E-state index is 11.5. The minimum Gasteiger partial charge on any atom is -0.484 e. The molecule has 5 aliphatic rings. The van der Waals surface area contributed by atoms with Gasteiger partial charge in [-0.25, -0.2) is 5.84 Å². The molecule has 2 atom stereocenters. The molecule has 0 fully saturated rings. The van der Waals surface area contributed by atoms with Crippen molar-refractivity contribution in [3.63, 3.8) is 0 Å². The van der Waals surface area contributed by atoms with E-state index in [9.17, 15) is 4.79 Å². The number of amides is 1. The molecule has 3 N–H and O–H groups in total. The van der Waals surface area contributed by atoms with Crippen LogP contribution in [0.15, 0.2) is 29.8 Å². The lowest BCUT2D eigenvalue weighted by molar-refractivity contribution is -0.444. The van der Waals surface area contributed by atoms with Crippen LogP contribution in [0.5, 0.6) is 5.75 Å². The molecule has 0 saturated carbocycles. The van der Waals surface area contributed by atoms with E-state index in [0.29, 0.717) is 6.42 Å². The van der Waals surface area contributed by atoms with Gasteiger partial charge in [0.1, 0.15) is 11.9 Å². The second-order valence-corrected chi connectivity index (χ2v) is 12.9. The highest BCUT2D eigenvalue weighted by atomic mass is 35.5. The first-order valence-corrected chi connectivity index (χ1v) is 15.6. The molecule has 0 radical (unpaired) electrons. The molecule has 1 amide bonds. The number of halogens is 1. The van der Waals surface area contributed by atoms with E-state index in [1.165, 1.54) is 70.8 Å². The van der Waals surface area contributed by atoms with Crippen molar-refractivity contribution >= 4 is 40.7 Å². The van der Waals surface area contributed by atoms with Crippen LogP contribution in [-0.4, -0.2) is 41.9 Å². The fourth-order valence-electron chi connectivity index (χ4n) is 8.13. The lowest BCUT2D eigenvalue weighted by Gasteiger charge is -2.40. The summed E-state index contributed by atoms with van der Waals surface area (Å²) in [6.45, 7) is 5.72. The molecule has 0 saturated heterocycles. The molecule has 0 bridgehead atoms. The highest BCUT2D eigenvalue weighted by molar-refractivity contribution is 6.31. The van der Waals surface area contributed by atoms with Crippen LogP contribution in [0.1, 0.15) is 87.0 Å². The third-order valence-electron chi connectivity index (χ3n) is 9.94. The molecule has 40 heavy (non-hydrogen) atoms. The fourth-order valence-corrected chi connectivity index (χ4v) is 8.30. The highest BCUT2D eigenvalue weighted by Gasteiger charge is 2.54. The first kappa shape index (κ1) is 26.1. The van der Waals surface area contributed by atoms with Gasteiger partial charge in [-0.2, -0.15) is 4.58 Å². The lowest BCUT2D eigenvalue weighted by atomic mass is 9.71. The predicted octanol–water partition coefficient (Wildman–Crippen LogP) is 5.97. The van der Waals surface area contributed by atoms with Crippen LogP contribution in [0, 0.1) is 0 Å². The van der Waals surface area contributed by atoms with E-state index < -0.39 is 0 Å². The van der Waals surface area contributed by atoms with Crippen molar-refractivity contribution in [1.82, 2.24) is 5.43 Å². The van der Waals surface area contributed by atoms with Crippen molar-refractivity contribution in [2.45, 2.75) is 89.1 Å². The summed E-state index contributed by atoms with van der Waals surface area (Å²) >= 11 is 6.60. The summed E-state index contributed by atoms with van der Waals surface area (Å²) in [5, 5.41) is 0.796. The number of fused-ring (bicyclic) bond motifs is 6. The van der Waals surface area contributed by atoms with Gasteiger partial charge in [-0.1, -0.05) is 30.9 Å². The molecular formula is C33H40ClN4O2+. The van der Waals surface area contributed by atoms with E-state index in [1.807, 2.05) is 6.07 Å². The van der Waals surface area contributed by atoms with E-state index in [2.05, 4.69) is 46.1 Å². The maximum absolute atomic E-state index is 11.5. The Bertz CT molecular complexity index is 1440. The number of ether oxygens (including phenoxy) is 1. The number of carbonyl (C=O) groups is 1. The first-order chi connectivity index (χ1) is 19.5. The summed E-state index contributed by atoms with van der Waals surface area (Å²) in [7, 11) is 0. The Morgan fingerprint density at radius 2 is 2.00 bits per heavy atom. The summed E-state index contributed by atoms with van der Waals surface area (Å²) in [6.07, 6.45) is 13.9. The number of nitrogens with two attached hydrogens (primary N) is 1. The smallest absolute Gasteiger partial charge is 0.233 e. The Hall–Kier alpha value is -2.83. The molecule has 0 aromatic heterocycles. The number of nitrogens with zero attached hydrogens (tertiary/aromatic N) is 2. The lowest BCUT2D eigenvalue weighted by Crippen LogP contribution is -2.44. The number of benzene rings is 2. The molecule has 210 valence electrons. The zero-order valence-electron chi connectivity index (χ0n) is 23.5. The average molecular weight is 560 g/mol. The number of hydrogen-bond acceptors (Lipinski definition) is 4. The molecule has 5 aliphatic heterocycles. The van der Waals surface area contributed by atoms with Crippen molar-refractivity contribution < 1.29 is 14.1 Å². The van der Waals surface area contributed by atoms with Crippen LogP contribution in [-0.2, 0) is 23.1 Å². The van der Waals surface area contributed by atoms with E-state index in [1.54, 1.807) is 0 Å². The number of hydrazine groups is 1. The van der Waals surface area contributed by atoms with E-state index in [0.717, 1.165) is 68.7 Å². The fraction of sp³-hybridized carbons (Fsp3) is 0.515. The summed E-state index contributed by atoms with van der Waals surface area (Å²) in [6, 6.07) is 8.86. The predicted molar refractivity (Wildman–Crippen MR) is 161 cm³/mol. The second kappa shape index (κ2) is 10.2. The van der Waals surface area contributed by atoms with E-state index in [-0.39, 0.29) is 17.4 Å². The van der Waals surface area contributed by atoms with Gasteiger partial charge in [-0.05, 0) is 75.3 Å². The number of unbranched alkanes of at least 4 members (excludes halogenated alkanes) is 3. The normalized spacial score (nSPS) is 23.8. The van der Waals surface area contributed by atoms with E-state index in [4.69, 9.17) is 22.2 Å². The molecule has 0 aliphatic carbocycles. The van der Waals surface area contributed by atoms with Gasteiger partial charge in [0.05, 0.1) is 11.0 Å². The molecule has 2 unspecified atom stereocenters. The molecule has 7 rings (SSSR count). The molecular weight excluding hydrogens is 520 g/mol. The van der Waals surface area contributed by atoms with Crippen LogP contribution in [0.2, 0.25) is 5.02 Å². The second-order valence-electron chi connectivity index (χ2n) is 12.4. The molecule has 0 spiro atoms. The molecule has 5 heterocycles. The Morgan fingerprint density at radius 1 is 1.18 bits per heavy atom. The minimum absolute atomic E-state index is 0.0848. The number of hydrogen-bond donors (Lipinski definition) is 2. The Balaban J connectivity index is 1.24. The van der Waals surface area contributed by atoms with Crippen molar-refractivity contribution in [2.75, 3.05) is 24.5 Å². The van der Waals surface area contributed by atoms with Crippen LogP contribution in [0.25, 0.3) is 6.08 Å². The number of rotatable bonds is 7. The Morgan fingerprint density at radius 3 is 2.85 bits per heavy atom. The van der Waals surface area contributed by atoms with Crippen molar-refractivity contribution in [1.29, 1.82) is 0 Å². The summed E-state index contributed by atoms with van der Waals surface area (Å²) in [4.78, 5) is 14.1. The van der Waals surface area contributed by atoms with Crippen LogP contribution >= 0.6 is 11.6 Å². The topological polar surface area (TPSA) is 70.6 Å². The van der Waals surface area contributed by atoms with Gasteiger partial charge < -0.3 is 9.64 Å². The molecule has 2 aromatic carbocycles. The third-order valence-corrected chi connectivity index (χ3v) is 10.2. The molecule has 6 nitrogen and oxygen atoms in total. The standard InChI is InChI=1S/C33H39ClN4O2/c1-33(14-5-3-2-4-10-29(39)36-35)26-20-23(34)11-12-27(26)38-17-13-28-25(32(33)38)19-22-18-21-8-6-15-37-16-7-9-24(30(21)37)31(22)40-28/h11-12,18-20,28H,2-10,13-17,35H2,1H3/p+1. The number of carbonyl (C=O) groups excluding carboxylic acids is 1. The monoisotopic (exact) mass is 559 g/mol. The number of aryl methyl sites for hydroxylation is 1. The largest absolute Gasteiger partial charge is 0.484 e. The van der Waals surface area contributed by atoms with Gasteiger partial charge in [0.15, 0.2) is 12.3 Å². The Labute approximate surface area is 242 Å². The average Bonchev–Trinajstić information content (AvgIpc) is 3.22. The van der Waals surface area contributed by atoms with Gasteiger partial charge in [0, 0.05) is 59.4 Å². The van der Waals surface area contributed by atoms with Crippen LogP contribution in [0.3, 0.4) is 0 Å². The Kier molecular flexibility index (Phi) is 6.67. The van der Waals surface area contributed by atoms with Gasteiger partial charge in [0.25, 0.3) is 0 Å². The number of nitrogens with one attached hydrogen (secondary N) is 1. The number of anilines is 1. The summed E-state index contributed by atoms with van der Waals surface area (Å²) in [5.41, 5.74) is 13.2. The minimum atomic E-state index is -0.139. The van der Waals surface area contributed by atoms with Crippen LogP contribution in [0.4, 0.5) is 11.4 Å². The SMILES string of the molecule is CC1(CCCCCCC(=O)NN)C2=[N+](CCC3Oc4c(cc5c6c4CCCN6CCC5)C=C23)c2ccc(Cl)cc21. The summed E-state index contributed by atoms with van der Waals surface area (Å²) in [5.74, 6) is 6.30. The maximum Gasteiger partial charge on any atom is 0.233 e. The zero-order chi connectivity index (χ0) is 27.4. The zero-order valence-corrected chi connectivity index (χ0v) is 24.3. The quantitative estimate of drug-likeness (QED) is 0.144. The van der Waals surface area contributed by atoms with Crippen molar-refractivity contribution in [3.05, 3.63) is 57.1 Å². The van der Waals surface area contributed by atoms with Gasteiger partial charge in [-0.15, -0.1) is 0 Å².